The fourth-order valence-corrected chi connectivity index (χ4v) is 2.00. The third-order valence-corrected chi connectivity index (χ3v) is 2.67. The molecule has 0 spiro atoms. The molecule has 0 aromatic heterocycles. The highest BCUT2D eigenvalue weighted by molar-refractivity contribution is 6.12. The second-order valence-electron chi connectivity index (χ2n) is 4.20. The third kappa shape index (κ3) is 3.07. The summed E-state index contributed by atoms with van der Waals surface area (Å²) >= 11 is 0. The van der Waals surface area contributed by atoms with Crippen molar-refractivity contribution in [2.75, 3.05) is 6.67 Å². The van der Waals surface area contributed by atoms with Gasteiger partial charge in [-0.15, -0.1) is 0 Å². The fourth-order valence-electron chi connectivity index (χ4n) is 2.00. The van der Waals surface area contributed by atoms with Gasteiger partial charge in [0, 0.05) is 11.3 Å². The molecule has 0 atom stereocenters. The molecule has 3 nitrogen and oxygen atoms in total. The van der Waals surface area contributed by atoms with Gasteiger partial charge in [0.1, 0.15) is 0 Å². The molecule has 0 aromatic carbocycles. The Morgan fingerprint density at radius 3 is 2.69 bits per heavy atom. The zero-order valence-electron chi connectivity index (χ0n) is 10.4. The lowest BCUT2D eigenvalue weighted by molar-refractivity contribution is 0.932. The van der Waals surface area contributed by atoms with Crippen molar-refractivity contribution in [1.29, 1.82) is 0 Å². The first-order chi connectivity index (χ1) is 7.56. The van der Waals surface area contributed by atoms with Crippen molar-refractivity contribution < 1.29 is 0 Å². The van der Waals surface area contributed by atoms with E-state index in [2.05, 4.69) is 24.9 Å². The molecule has 1 rings (SSSR count). The number of hydrogen-bond acceptors (Lipinski definition) is 3. The Bertz CT molecular complexity index is 380. The minimum Gasteiger partial charge on any atom is -0.402 e. The number of aliphatic imine (C=N–C) groups is 1. The van der Waals surface area contributed by atoms with Gasteiger partial charge < -0.3 is 11.5 Å². The molecule has 0 radical (unpaired) electrons. The average molecular weight is 219 g/mol. The Morgan fingerprint density at radius 2 is 2.19 bits per heavy atom. The molecule has 0 unspecified atom stereocenters. The number of hydrogen-bond donors (Lipinski definition) is 2. The minimum atomic E-state index is 0.295. The van der Waals surface area contributed by atoms with Gasteiger partial charge in [0.15, 0.2) is 0 Å². The van der Waals surface area contributed by atoms with Crippen molar-refractivity contribution in [3.05, 3.63) is 34.6 Å². The lowest BCUT2D eigenvalue weighted by atomic mass is 9.89. The van der Waals surface area contributed by atoms with Crippen LogP contribution < -0.4 is 11.5 Å². The summed E-state index contributed by atoms with van der Waals surface area (Å²) in [4.78, 5) is 4.33. The second kappa shape index (κ2) is 5.66. The summed E-state index contributed by atoms with van der Waals surface area (Å²) in [5.74, 6) is 0. The van der Waals surface area contributed by atoms with E-state index in [0.29, 0.717) is 6.67 Å². The lowest BCUT2D eigenvalue weighted by Crippen LogP contribution is -2.12. The highest BCUT2D eigenvalue weighted by atomic mass is 14.9. The molecular formula is C13H21N3. The zero-order valence-corrected chi connectivity index (χ0v) is 10.4. The highest BCUT2D eigenvalue weighted by Gasteiger charge is 2.13. The van der Waals surface area contributed by atoms with Gasteiger partial charge in [-0.3, -0.25) is 4.99 Å². The van der Waals surface area contributed by atoms with Gasteiger partial charge in [-0.25, -0.2) is 0 Å². The van der Waals surface area contributed by atoms with E-state index in [-0.39, 0.29) is 0 Å². The van der Waals surface area contributed by atoms with Gasteiger partial charge in [-0.1, -0.05) is 11.6 Å². The van der Waals surface area contributed by atoms with Crippen LogP contribution in [0.1, 0.15) is 33.6 Å². The van der Waals surface area contributed by atoms with Crippen molar-refractivity contribution in [3.63, 3.8) is 0 Å². The SMILES string of the molecule is CC1=CCCC(C)=C1C(/C=C(/C)N)=N/CN. The van der Waals surface area contributed by atoms with Gasteiger partial charge >= 0.3 is 0 Å². The number of rotatable bonds is 3. The van der Waals surface area contributed by atoms with Crippen LogP contribution >= 0.6 is 0 Å². The van der Waals surface area contributed by atoms with E-state index >= 15 is 0 Å². The quantitative estimate of drug-likeness (QED) is 0.715. The molecule has 88 valence electrons. The maximum absolute atomic E-state index is 5.72. The average Bonchev–Trinajstić information content (AvgIpc) is 2.16. The topological polar surface area (TPSA) is 64.4 Å². The smallest absolute Gasteiger partial charge is 0.0866 e. The molecule has 3 heteroatoms. The fraction of sp³-hybridized carbons (Fsp3) is 0.462. The maximum Gasteiger partial charge on any atom is 0.0866 e. The monoisotopic (exact) mass is 219 g/mol. The maximum atomic E-state index is 5.72. The largest absolute Gasteiger partial charge is 0.402 e. The van der Waals surface area contributed by atoms with E-state index in [0.717, 1.165) is 24.3 Å². The molecule has 0 aromatic rings. The molecule has 0 aliphatic heterocycles. The van der Waals surface area contributed by atoms with Crippen molar-refractivity contribution in [3.8, 4) is 0 Å². The molecule has 0 saturated carbocycles. The molecule has 4 N–H and O–H groups in total. The van der Waals surface area contributed by atoms with E-state index in [1.54, 1.807) is 0 Å². The normalized spacial score (nSPS) is 18.9. The van der Waals surface area contributed by atoms with Gasteiger partial charge in [0.05, 0.1) is 12.4 Å². The zero-order chi connectivity index (χ0) is 12.1. The van der Waals surface area contributed by atoms with Crippen molar-refractivity contribution in [2.24, 2.45) is 16.5 Å². The molecule has 0 amide bonds. The van der Waals surface area contributed by atoms with Crippen molar-refractivity contribution in [2.45, 2.75) is 33.6 Å². The molecule has 16 heavy (non-hydrogen) atoms. The van der Waals surface area contributed by atoms with Crippen LogP contribution in [0.15, 0.2) is 39.6 Å². The molecular weight excluding hydrogens is 198 g/mol. The van der Waals surface area contributed by atoms with Crippen LogP contribution in [0.5, 0.6) is 0 Å². The van der Waals surface area contributed by atoms with Gasteiger partial charge in [0.25, 0.3) is 0 Å². The van der Waals surface area contributed by atoms with Crippen LogP contribution in [-0.4, -0.2) is 12.4 Å². The van der Waals surface area contributed by atoms with E-state index in [9.17, 15) is 0 Å². The lowest BCUT2D eigenvalue weighted by Gasteiger charge is -2.18. The van der Waals surface area contributed by atoms with Crippen molar-refractivity contribution >= 4 is 5.71 Å². The summed E-state index contributed by atoms with van der Waals surface area (Å²) < 4.78 is 0. The first-order valence-corrected chi connectivity index (χ1v) is 5.61. The van der Waals surface area contributed by atoms with Crippen LogP contribution in [0.2, 0.25) is 0 Å². The predicted molar refractivity (Wildman–Crippen MR) is 70.1 cm³/mol. The first kappa shape index (κ1) is 12.7. The third-order valence-electron chi connectivity index (χ3n) is 2.67. The Balaban J connectivity index is 3.18. The van der Waals surface area contributed by atoms with Crippen LogP contribution in [-0.2, 0) is 0 Å². The highest BCUT2D eigenvalue weighted by Crippen LogP contribution is 2.26. The Kier molecular flexibility index (Phi) is 4.50. The number of allylic oxidation sites excluding steroid dienone is 6. The molecule has 0 bridgehead atoms. The van der Waals surface area contributed by atoms with Gasteiger partial charge in [-0.2, -0.15) is 0 Å². The van der Waals surface area contributed by atoms with E-state index in [1.165, 1.54) is 16.7 Å². The van der Waals surface area contributed by atoms with Crippen LogP contribution in [0, 0.1) is 0 Å². The second-order valence-corrected chi connectivity index (χ2v) is 4.20. The van der Waals surface area contributed by atoms with Crippen molar-refractivity contribution in [1.82, 2.24) is 0 Å². The summed E-state index contributed by atoms with van der Waals surface area (Å²) in [6, 6.07) is 0. The standard InChI is InChI=1S/C13H21N3/c1-9-5-4-6-10(2)13(9)12(16-8-14)7-11(3)15/h5,7H,4,6,8,14-15H2,1-3H3/b11-7-,16-12+. The Morgan fingerprint density at radius 1 is 1.50 bits per heavy atom. The molecule has 0 saturated heterocycles. The van der Waals surface area contributed by atoms with Gasteiger partial charge in [-0.05, 0) is 45.3 Å². The Labute approximate surface area is 97.6 Å². The van der Waals surface area contributed by atoms with E-state index < -0.39 is 0 Å². The molecule has 1 aliphatic carbocycles. The summed E-state index contributed by atoms with van der Waals surface area (Å²) in [6.07, 6.45) is 6.35. The molecule has 0 fully saturated rings. The van der Waals surface area contributed by atoms with E-state index in [4.69, 9.17) is 11.5 Å². The summed E-state index contributed by atoms with van der Waals surface area (Å²) in [7, 11) is 0. The summed E-state index contributed by atoms with van der Waals surface area (Å²) in [6.45, 7) is 6.42. The van der Waals surface area contributed by atoms with Crippen LogP contribution in [0.3, 0.4) is 0 Å². The Hall–Kier alpha value is -1.35. The molecule has 1 aliphatic rings. The number of nitrogens with two attached hydrogens (primary N) is 2. The van der Waals surface area contributed by atoms with E-state index in [1.807, 2.05) is 13.0 Å². The minimum absolute atomic E-state index is 0.295. The molecule has 0 heterocycles. The summed E-state index contributed by atoms with van der Waals surface area (Å²) in [5, 5.41) is 0. The summed E-state index contributed by atoms with van der Waals surface area (Å²) in [5.41, 5.74) is 16.7. The predicted octanol–water partition coefficient (Wildman–Crippen LogP) is 2.26. The van der Waals surface area contributed by atoms with Gasteiger partial charge in [0.2, 0.25) is 0 Å². The van der Waals surface area contributed by atoms with Crippen LogP contribution in [0.25, 0.3) is 0 Å². The first-order valence-electron chi connectivity index (χ1n) is 5.61. The number of nitrogens with zero attached hydrogens (tertiary/aromatic N) is 1. The van der Waals surface area contributed by atoms with Crippen LogP contribution in [0.4, 0.5) is 0 Å².